The van der Waals surface area contributed by atoms with Crippen LogP contribution in [0.2, 0.25) is 0 Å². The summed E-state index contributed by atoms with van der Waals surface area (Å²) in [6, 6.07) is 1.05. The van der Waals surface area contributed by atoms with E-state index in [2.05, 4.69) is 24.1 Å². The minimum Gasteiger partial charge on any atom is -0.311 e. The van der Waals surface area contributed by atoms with E-state index in [0.717, 1.165) is 25.9 Å². The molecule has 2 heterocycles. The smallest absolute Gasteiger partial charge is 0.173 e. The van der Waals surface area contributed by atoms with E-state index in [4.69, 9.17) is 0 Å². The fourth-order valence-corrected chi connectivity index (χ4v) is 4.29. The second-order valence-corrected chi connectivity index (χ2v) is 7.31. The molecule has 4 nitrogen and oxygen atoms in total. The normalized spacial score (nSPS) is 36.0. The highest BCUT2D eigenvalue weighted by atomic mass is 32.2. The third-order valence-corrected chi connectivity index (χ3v) is 5.37. The molecule has 0 saturated carbocycles. The molecule has 0 aromatic carbocycles. The summed E-state index contributed by atoms with van der Waals surface area (Å²) in [6.07, 6.45) is 5.26. The number of piperazine rings is 1. The van der Waals surface area contributed by atoms with E-state index in [1.54, 1.807) is 0 Å². The monoisotopic (exact) mass is 272 g/mol. The molecule has 0 radical (unpaired) electrons. The first-order valence-corrected chi connectivity index (χ1v) is 8.67. The lowest BCUT2D eigenvalue weighted by atomic mass is 10.0. The predicted octanol–water partition coefficient (Wildman–Crippen LogP) is 1.15. The Bertz CT molecular complexity index is 405. The van der Waals surface area contributed by atoms with Crippen LogP contribution in [0.4, 0.5) is 0 Å². The van der Waals surface area contributed by atoms with Crippen LogP contribution in [0, 0.1) is 0 Å². The van der Waals surface area contributed by atoms with Gasteiger partial charge in [0.05, 0.1) is 5.75 Å². The molecule has 3 unspecified atom stereocenters. The van der Waals surface area contributed by atoms with E-state index in [1.807, 2.05) is 6.08 Å². The van der Waals surface area contributed by atoms with Crippen molar-refractivity contribution in [1.82, 2.24) is 10.2 Å². The molecule has 104 valence electrons. The van der Waals surface area contributed by atoms with Crippen LogP contribution < -0.4 is 5.32 Å². The van der Waals surface area contributed by atoms with Crippen molar-refractivity contribution in [2.75, 3.05) is 18.8 Å². The van der Waals surface area contributed by atoms with Gasteiger partial charge in [0, 0.05) is 36.6 Å². The van der Waals surface area contributed by atoms with Crippen LogP contribution in [0.5, 0.6) is 0 Å². The first-order chi connectivity index (χ1) is 8.55. The van der Waals surface area contributed by atoms with Gasteiger partial charge in [-0.1, -0.05) is 26.3 Å². The van der Waals surface area contributed by atoms with Crippen LogP contribution in [-0.2, 0) is 9.84 Å². The van der Waals surface area contributed by atoms with Crippen LogP contribution >= 0.6 is 0 Å². The molecule has 2 rings (SSSR count). The number of nitrogens with one attached hydrogen (secondary N) is 1. The maximum Gasteiger partial charge on any atom is 0.173 e. The second kappa shape index (κ2) is 5.72. The zero-order valence-corrected chi connectivity index (χ0v) is 12.1. The molecular formula is C13H24N2O2S. The predicted molar refractivity (Wildman–Crippen MR) is 74.2 cm³/mol. The summed E-state index contributed by atoms with van der Waals surface area (Å²) in [4.78, 5) is 2.39. The number of sulfone groups is 1. The van der Waals surface area contributed by atoms with Crippen molar-refractivity contribution in [3.8, 4) is 0 Å². The summed E-state index contributed by atoms with van der Waals surface area (Å²) in [6.45, 7) is 6.31. The van der Waals surface area contributed by atoms with Crippen LogP contribution in [0.3, 0.4) is 0 Å². The SMILES string of the molecule is CCCC1CN(C2C=CS(=O)(=O)C2)C(CC)CN1. The quantitative estimate of drug-likeness (QED) is 0.834. The lowest BCUT2D eigenvalue weighted by molar-refractivity contribution is 0.104. The van der Waals surface area contributed by atoms with Gasteiger partial charge in [-0.25, -0.2) is 8.42 Å². The van der Waals surface area contributed by atoms with Gasteiger partial charge in [-0.2, -0.15) is 0 Å². The number of hydrogen-bond donors (Lipinski definition) is 1. The Balaban J connectivity index is 2.05. The van der Waals surface area contributed by atoms with Crippen molar-refractivity contribution in [3.05, 3.63) is 11.5 Å². The Morgan fingerprint density at radius 3 is 2.72 bits per heavy atom. The summed E-state index contributed by atoms with van der Waals surface area (Å²) < 4.78 is 23.1. The van der Waals surface area contributed by atoms with Crippen molar-refractivity contribution in [2.24, 2.45) is 0 Å². The zero-order valence-electron chi connectivity index (χ0n) is 11.3. The molecular weight excluding hydrogens is 248 g/mol. The Kier molecular flexibility index (Phi) is 4.45. The molecule has 0 bridgehead atoms. The summed E-state index contributed by atoms with van der Waals surface area (Å²) in [5, 5.41) is 4.97. The van der Waals surface area contributed by atoms with Crippen LogP contribution in [0.15, 0.2) is 11.5 Å². The van der Waals surface area contributed by atoms with Crippen molar-refractivity contribution < 1.29 is 8.42 Å². The van der Waals surface area contributed by atoms with E-state index in [9.17, 15) is 8.42 Å². The van der Waals surface area contributed by atoms with Gasteiger partial charge in [0.25, 0.3) is 0 Å². The van der Waals surface area contributed by atoms with Crippen molar-refractivity contribution in [1.29, 1.82) is 0 Å². The third kappa shape index (κ3) is 3.13. The molecule has 0 aliphatic carbocycles. The Morgan fingerprint density at radius 2 is 2.17 bits per heavy atom. The highest BCUT2D eigenvalue weighted by Gasteiger charge is 2.34. The highest BCUT2D eigenvalue weighted by Crippen LogP contribution is 2.22. The first kappa shape index (κ1) is 14.0. The van der Waals surface area contributed by atoms with E-state index >= 15 is 0 Å². The molecule has 1 N–H and O–H groups in total. The molecule has 0 amide bonds. The molecule has 1 fully saturated rings. The Labute approximate surface area is 110 Å². The van der Waals surface area contributed by atoms with Crippen LogP contribution in [-0.4, -0.2) is 50.3 Å². The van der Waals surface area contributed by atoms with Gasteiger partial charge >= 0.3 is 0 Å². The molecule has 0 aromatic rings. The second-order valence-electron chi connectivity index (χ2n) is 5.38. The highest BCUT2D eigenvalue weighted by molar-refractivity contribution is 7.94. The number of nitrogens with zero attached hydrogens (tertiary/aromatic N) is 1. The summed E-state index contributed by atoms with van der Waals surface area (Å²) >= 11 is 0. The van der Waals surface area contributed by atoms with Crippen LogP contribution in [0.1, 0.15) is 33.1 Å². The maximum absolute atomic E-state index is 11.6. The third-order valence-electron chi connectivity index (χ3n) is 3.99. The lowest BCUT2D eigenvalue weighted by Crippen LogP contribution is -2.59. The van der Waals surface area contributed by atoms with Gasteiger partial charge in [0.2, 0.25) is 0 Å². The molecule has 1 saturated heterocycles. The molecule has 2 aliphatic heterocycles. The van der Waals surface area contributed by atoms with Gasteiger partial charge < -0.3 is 5.32 Å². The minimum atomic E-state index is -2.95. The molecule has 0 spiro atoms. The molecule has 3 atom stereocenters. The van der Waals surface area contributed by atoms with E-state index in [-0.39, 0.29) is 11.8 Å². The minimum absolute atomic E-state index is 0.0846. The van der Waals surface area contributed by atoms with Crippen molar-refractivity contribution in [2.45, 2.75) is 51.2 Å². The largest absolute Gasteiger partial charge is 0.311 e. The summed E-state index contributed by atoms with van der Waals surface area (Å²) in [5.41, 5.74) is 0. The standard InChI is InChI=1S/C13H24N2O2S/c1-3-5-11-9-15(12(4-2)8-14-11)13-6-7-18(16,17)10-13/h6-7,11-14H,3-5,8-10H2,1-2H3. The fraction of sp³-hybridized carbons (Fsp3) is 0.846. The van der Waals surface area contributed by atoms with E-state index in [1.165, 1.54) is 11.8 Å². The maximum atomic E-state index is 11.6. The van der Waals surface area contributed by atoms with E-state index < -0.39 is 9.84 Å². The average Bonchev–Trinajstić information content (AvgIpc) is 2.70. The van der Waals surface area contributed by atoms with Gasteiger partial charge in [-0.3, -0.25) is 4.90 Å². The average molecular weight is 272 g/mol. The Morgan fingerprint density at radius 1 is 1.39 bits per heavy atom. The molecule has 18 heavy (non-hydrogen) atoms. The topological polar surface area (TPSA) is 49.4 Å². The van der Waals surface area contributed by atoms with Crippen molar-refractivity contribution in [3.63, 3.8) is 0 Å². The van der Waals surface area contributed by atoms with Gasteiger partial charge in [-0.05, 0) is 12.8 Å². The number of hydrogen-bond acceptors (Lipinski definition) is 4. The zero-order chi connectivity index (χ0) is 13.2. The molecule has 5 heteroatoms. The van der Waals surface area contributed by atoms with Gasteiger partial charge in [0.1, 0.15) is 0 Å². The summed E-state index contributed by atoms with van der Waals surface area (Å²) in [7, 11) is -2.95. The lowest BCUT2D eigenvalue weighted by Gasteiger charge is -2.42. The van der Waals surface area contributed by atoms with Crippen LogP contribution in [0.25, 0.3) is 0 Å². The first-order valence-electron chi connectivity index (χ1n) is 6.95. The number of rotatable bonds is 4. The van der Waals surface area contributed by atoms with Crippen molar-refractivity contribution >= 4 is 9.84 Å². The van der Waals surface area contributed by atoms with Gasteiger partial charge in [-0.15, -0.1) is 0 Å². The Hall–Kier alpha value is -0.390. The summed E-state index contributed by atoms with van der Waals surface area (Å²) in [5.74, 6) is 0.266. The van der Waals surface area contributed by atoms with Gasteiger partial charge in [0.15, 0.2) is 9.84 Å². The fourth-order valence-electron chi connectivity index (χ4n) is 2.98. The molecule has 0 aromatic heterocycles. The molecule has 2 aliphatic rings. The van der Waals surface area contributed by atoms with E-state index in [0.29, 0.717) is 12.1 Å².